The van der Waals surface area contributed by atoms with E-state index in [2.05, 4.69) is 10.3 Å². The molecule has 0 spiro atoms. The number of hydrogen-bond donors (Lipinski definition) is 3. The molecular weight excluding hydrogens is 236 g/mol. The van der Waals surface area contributed by atoms with Gasteiger partial charge in [-0.15, -0.1) is 0 Å². The fourth-order valence-corrected chi connectivity index (χ4v) is 1.95. The summed E-state index contributed by atoms with van der Waals surface area (Å²) in [5, 5.41) is 11.7. The molecule has 0 aliphatic carbocycles. The maximum absolute atomic E-state index is 11.6. The van der Waals surface area contributed by atoms with Crippen molar-refractivity contribution in [2.45, 2.75) is 13.0 Å². The highest BCUT2D eigenvalue weighted by atomic mass is 16.4. The zero-order valence-electron chi connectivity index (χ0n) is 9.88. The van der Waals surface area contributed by atoms with E-state index >= 15 is 0 Å². The number of nitrogens with two attached hydrogens (primary N) is 1. The lowest BCUT2D eigenvalue weighted by Crippen LogP contribution is -2.54. The number of aromatic nitrogens is 1. The van der Waals surface area contributed by atoms with Gasteiger partial charge < -0.3 is 21.1 Å². The number of carboxylic acid groups (broad SMARTS) is 1. The van der Waals surface area contributed by atoms with Crippen LogP contribution >= 0.6 is 0 Å². The highest BCUT2D eigenvalue weighted by Gasteiger charge is 2.28. The summed E-state index contributed by atoms with van der Waals surface area (Å²) in [5.74, 6) is -0.884. The van der Waals surface area contributed by atoms with Crippen LogP contribution < -0.4 is 16.0 Å². The fourth-order valence-electron chi connectivity index (χ4n) is 1.95. The van der Waals surface area contributed by atoms with Gasteiger partial charge in [0.05, 0.1) is 11.3 Å². The number of pyridine rings is 1. The highest BCUT2D eigenvalue weighted by Crippen LogP contribution is 2.26. The van der Waals surface area contributed by atoms with Crippen molar-refractivity contribution in [3.63, 3.8) is 0 Å². The van der Waals surface area contributed by atoms with E-state index in [4.69, 9.17) is 10.8 Å². The number of nitrogen functional groups attached to an aromatic ring is 1. The van der Waals surface area contributed by atoms with Crippen molar-refractivity contribution in [2.75, 3.05) is 23.7 Å². The minimum absolute atomic E-state index is 0.00168. The van der Waals surface area contributed by atoms with Gasteiger partial charge in [0.25, 0.3) is 0 Å². The number of carbonyl (C=O) groups excluding carboxylic acids is 1. The van der Waals surface area contributed by atoms with Crippen molar-refractivity contribution in [3.8, 4) is 0 Å². The molecule has 2 heterocycles. The number of rotatable bonds is 2. The number of nitrogens with zero attached hydrogens (tertiary/aromatic N) is 2. The molecule has 0 saturated carbocycles. The Hall–Kier alpha value is -2.31. The van der Waals surface area contributed by atoms with Crippen LogP contribution in [0.5, 0.6) is 0 Å². The average molecular weight is 250 g/mol. The van der Waals surface area contributed by atoms with E-state index in [1.807, 2.05) is 0 Å². The summed E-state index contributed by atoms with van der Waals surface area (Å²) < 4.78 is 0. The number of carboxylic acids is 1. The van der Waals surface area contributed by atoms with E-state index in [9.17, 15) is 9.59 Å². The molecule has 1 aromatic rings. The lowest BCUT2D eigenvalue weighted by molar-refractivity contribution is -0.122. The molecule has 7 heteroatoms. The highest BCUT2D eigenvalue weighted by molar-refractivity contribution is 5.97. The van der Waals surface area contributed by atoms with Crippen molar-refractivity contribution < 1.29 is 14.7 Å². The second-order valence-electron chi connectivity index (χ2n) is 4.06. The molecule has 0 radical (unpaired) electrons. The minimum atomic E-state index is -1.11. The van der Waals surface area contributed by atoms with E-state index in [1.54, 1.807) is 11.8 Å². The van der Waals surface area contributed by atoms with Gasteiger partial charge in [-0.2, -0.15) is 0 Å². The molecule has 0 bridgehead atoms. The van der Waals surface area contributed by atoms with Crippen molar-refractivity contribution in [3.05, 3.63) is 17.8 Å². The van der Waals surface area contributed by atoms with Crippen LogP contribution in [0, 0.1) is 0 Å². The summed E-state index contributed by atoms with van der Waals surface area (Å²) in [5.41, 5.74) is 5.89. The van der Waals surface area contributed by atoms with Crippen LogP contribution in [0.2, 0.25) is 0 Å². The molecule has 1 aliphatic heterocycles. The van der Waals surface area contributed by atoms with Crippen LogP contribution in [-0.4, -0.2) is 41.1 Å². The Bertz CT molecular complexity index is 503. The van der Waals surface area contributed by atoms with Crippen molar-refractivity contribution in [1.29, 1.82) is 0 Å². The lowest BCUT2D eigenvalue weighted by atomic mass is 10.1. The number of amides is 1. The molecule has 1 aliphatic rings. The van der Waals surface area contributed by atoms with E-state index in [0.29, 0.717) is 18.9 Å². The topological polar surface area (TPSA) is 109 Å². The first-order valence-electron chi connectivity index (χ1n) is 5.54. The predicted octanol–water partition coefficient (Wildman–Crippen LogP) is -0.313. The van der Waals surface area contributed by atoms with E-state index in [1.165, 1.54) is 12.3 Å². The van der Waals surface area contributed by atoms with Gasteiger partial charge in [-0.25, -0.2) is 9.78 Å². The summed E-state index contributed by atoms with van der Waals surface area (Å²) in [4.78, 5) is 28.4. The molecule has 1 atom stereocenters. The van der Waals surface area contributed by atoms with Crippen LogP contribution in [0.15, 0.2) is 12.3 Å². The summed E-state index contributed by atoms with van der Waals surface area (Å²) >= 11 is 0. The summed E-state index contributed by atoms with van der Waals surface area (Å²) in [7, 11) is 0. The maximum atomic E-state index is 11.6. The first-order valence-corrected chi connectivity index (χ1v) is 5.54. The number of piperazine rings is 1. The van der Waals surface area contributed by atoms with Crippen molar-refractivity contribution in [1.82, 2.24) is 10.3 Å². The summed E-state index contributed by atoms with van der Waals surface area (Å²) in [6.45, 7) is 2.76. The molecule has 0 aromatic carbocycles. The van der Waals surface area contributed by atoms with Gasteiger partial charge in [0.2, 0.25) is 5.91 Å². The fraction of sp³-hybridized carbons (Fsp3) is 0.364. The third kappa shape index (κ3) is 1.94. The standard InChI is InChI=1S/C11H14N4O3/c1-6-10(16)14-4-5-15(6)9-8(12)7(11(17)18)2-3-13-9/h2-3,6H,4-5,12H2,1H3,(H,14,16)(H,17,18). The average Bonchev–Trinajstić information content (AvgIpc) is 2.33. The van der Waals surface area contributed by atoms with Crippen LogP contribution in [0.3, 0.4) is 0 Å². The van der Waals surface area contributed by atoms with Crippen LogP contribution in [0.4, 0.5) is 11.5 Å². The SMILES string of the molecule is CC1C(=O)NCCN1c1nccc(C(=O)O)c1N. The number of carbonyl (C=O) groups is 2. The third-order valence-corrected chi connectivity index (χ3v) is 2.97. The molecule has 7 nitrogen and oxygen atoms in total. The monoisotopic (exact) mass is 250 g/mol. The Morgan fingerprint density at radius 1 is 1.67 bits per heavy atom. The number of hydrogen-bond acceptors (Lipinski definition) is 5. The molecular formula is C11H14N4O3. The van der Waals surface area contributed by atoms with Gasteiger partial charge in [-0.3, -0.25) is 4.79 Å². The second kappa shape index (κ2) is 4.52. The van der Waals surface area contributed by atoms with Gasteiger partial charge in [-0.05, 0) is 13.0 Å². The van der Waals surface area contributed by atoms with Gasteiger partial charge >= 0.3 is 5.97 Å². The molecule has 4 N–H and O–H groups in total. The van der Waals surface area contributed by atoms with Crippen LogP contribution in [-0.2, 0) is 4.79 Å². The molecule has 2 rings (SSSR count). The first kappa shape index (κ1) is 12.2. The molecule has 1 aromatic heterocycles. The first-order chi connectivity index (χ1) is 8.52. The quantitative estimate of drug-likeness (QED) is 0.664. The lowest BCUT2D eigenvalue weighted by Gasteiger charge is -2.34. The molecule has 1 fully saturated rings. The van der Waals surface area contributed by atoms with Crippen molar-refractivity contribution >= 4 is 23.4 Å². The second-order valence-corrected chi connectivity index (χ2v) is 4.06. The van der Waals surface area contributed by atoms with Gasteiger partial charge in [0, 0.05) is 19.3 Å². The van der Waals surface area contributed by atoms with E-state index in [0.717, 1.165) is 0 Å². The van der Waals surface area contributed by atoms with Gasteiger partial charge in [0.1, 0.15) is 6.04 Å². The largest absolute Gasteiger partial charge is 0.478 e. The van der Waals surface area contributed by atoms with Crippen LogP contribution in [0.25, 0.3) is 0 Å². The number of anilines is 2. The zero-order valence-corrected chi connectivity index (χ0v) is 9.88. The molecule has 96 valence electrons. The Morgan fingerprint density at radius 3 is 3.06 bits per heavy atom. The van der Waals surface area contributed by atoms with Gasteiger partial charge in [0.15, 0.2) is 5.82 Å². The number of nitrogens with one attached hydrogen (secondary N) is 1. The molecule has 1 saturated heterocycles. The summed E-state index contributed by atoms with van der Waals surface area (Å²) in [6, 6.07) is 0.924. The van der Waals surface area contributed by atoms with Crippen molar-refractivity contribution in [2.24, 2.45) is 0 Å². The molecule has 1 amide bonds. The predicted molar refractivity (Wildman–Crippen MR) is 65.4 cm³/mol. The van der Waals surface area contributed by atoms with Gasteiger partial charge in [-0.1, -0.05) is 0 Å². The minimum Gasteiger partial charge on any atom is -0.478 e. The Balaban J connectivity index is 2.41. The Morgan fingerprint density at radius 2 is 2.39 bits per heavy atom. The number of aromatic carboxylic acids is 1. The zero-order chi connectivity index (χ0) is 13.3. The van der Waals surface area contributed by atoms with E-state index < -0.39 is 12.0 Å². The molecule has 1 unspecified atom stereocenters. The summed E-state index contributed by atoms with van der Waals surface area (Å²) in [6.07, 6.45) is 1.38. The molecule has 18 heavy (non-hydrogen) atoms. The maximum Gasteiger partial charge on any atom is 0.337 e. The smallest absolute Gasteiger partial charge is 0.337 e. The Kier molecular flexibility index (Phi) is 3.05. The van der Waals surface area contributed by atoms with E-state index in [-0.39, 0.29) is 17.2 Å². The third-order valence-electron chi connectivity index (χ3n) is 2.97. The normalized spacial score (nSPS) is 19.5. The van der Waals surface area contributed by atoms with Crippen LogP contribution in [0.1, 0.15) is 17.3 Å². The Labute approximate surface area is 104 Å².